The molecule has 136 valence electrons. The number of piperazine rings is 1. The number of benzene rings is 2. The fraction of sp³-hybridized carbons (Fsp3) is 0.278. The number of nitro groups is 1. The molecule has 3 N–H and O–H groups in total. The molecular formula is C18H19FN4O3. The molecule has 0 saturated carbocycles. The van der Waals surface area contributed by atoms with Crippen LogP contribution in [0.25, 0.3) is 0 Å². The van der Waals surface area contributed by atoms with E-state index >= 15 is 0 Å². The van der Waals surface area contributed by atoms with Crippen molar-refractivity contribution in [3.8, 4) is 0 Å². The fourth-order valence-corrected chi connectivity index (χ4v) is 3.22. The predicted octanol–water partition coefficient (Wildman–Crippen LogP) is 1.98. The van der Waals surface area contributed by atoms with E-state index in [-0.39, 0.29) is 23.1 Å². The topological polar surface area (TPSA) is 102 Å². The molecule has 1 heterocycles. The maximum Gasteiger partial charge on any atom is 0.274 e. The lowest BCUT2D eigenvalue weighted by atomic mass is 10.0. The molecule has 1 fully saturated rings. The third kappa shape index (κ3) is 3.87. The van der Waals surface area contributed by atoms with Gasteiger partial charge < -0.3 is 11.1 Å². The maximum atomic E-state index is 13.6. The van der Waals surface area contributed by atoms with Gasteiger partial charge in [-0.15, -0.1) is 0 Å². The van der Waals surface area contributed by atoms with Crippen molar-refractivity contribution in [3.05, 3.63) is 75.1 Å². The van der Waals surface area contributed by atoms with Gasteiger partial charge in [-0.05, 0) is 23.8 Å². The lowest BCUT2D eigenvalue weighted by Gasteiger charge is -2.36. The summed E-state index contributed by atoms with van der Waals surface area (Å²) in [6.07, 6.45) is 0. The normalized spacial score (nSPS) is 17.8. The highest BCUT2D eigenvalue weighted by Crippen LogP contribution is 2.28. The van der Waals surface area contributed by atoms with Crippen LogP contribution in [0.3, 0.4) is 0 Å². The number of hydrogen-bond donors (Lipinski definition) is 2. The van der Waals surface area contributed by atoms with Crippen LogP contribution in [-0.2, 0) is 6.54 Å². The van der Waals surface area contributed by atoms with Gasteiger partial charge in [0.1, 0.15) is 5.82 Å². The van der Waals surface area contributed by atoms with E-state index in [1.54, 1.807) is 12.1 Å². The van der Waals surface area contributed by atoms with Gasteiger partial charge in [0.25, 0.3) is 5.69 Å². The zero-order valence-corrected chi connectivity index (χ0v) is 14.0. The van der Waals surface area contributed by atoms with Gasteiger partial charge in [0.2, 0.25) is 5.91 Å². The zero-order valence-electron chi connectivity index (χ0n) is 14.0. The molecule has 1 atom stereocenters. The Labute approximate surface area is 149 Å². The first-order chi connectivity index (χ1) is 12.5. The molecule has 1 unspecified atom stereocenters. The molecule has 0 aromatic heterocycles. The minimum atomic E-state index is -0.709. The summed E-state index contributed by atoms with van der Waals surface area (Å²) in [5.41, 5.74) is 6.47. The van der Waals surface area contributed by atoms with Gasteiger partial charge in [-0.25, -0.2) is 4.39 Å². The van der Waals surface area contributed by atoms with Crippen molar-refractivity contribution < 1.29 is 14.1 Å². The van der Waals surface area contributed by atoms with Crippen LogP contribution in [0.2, 0.25) is 0 Å². The smallest absolute Gasteiger partial charge is 0.274 e. The first-order valence-electron chi connectivity index (χ1n) is 8.23. The van der Waals surface area contributed by atoms with Gasteiger partial charge in [-0.1, -0.05) is 18.2 Å². The molecule has 3 rings (SSSR count). The highest BCUT2D eigenvalue weighted by molar-refractivity contribution is 5.93. The van der Waals surface area contributed by atoms with E-state index in [0.29, 0.717) is 25.2 Å². The van der Waals surface area contributed by atoms with Crippen molar-refractivity contribution >= 4 is 11.6 Å². The van der Waals surface area contributed by atoms with Crippen molar-refractivity contribution in [2.24, 2.45) is 5.73 Å². The molecule has 1 aliphatic rings. The van der Waals surface area contributed by atoms with Crippen LogP contribution in [-0.4, -0.2) is 35.4 Å². The summed E-state index contributed by atoms with van der Waals surface area (Å²) >= 11 is 0. The highest BCUT2D eigenvalue weighted by atomic mass is 19.1. The Hall–Kier alpha value is -2.84. The molecule has 0 radical (unpaired) electrons. The van der Waals surface area contributed by atoms with Gasteiger partial charge in [0, 0.05) is 49.4 Å². The van der Waals surface area contributed by atoms with E-state index in [2.05, 4.69) is 10.2 Å². The SMILES string of the molecule is NC(=O)c1ccc(CN2CCNCC2c2cccc(F)c2)c([N+](=O)[O-])c1. The van der Waals surface area contributed by atoms with E-state index < -0.39 is 10.8 Å². The first-order valence-corrected chi connectivity index (χ1v) is 8.23. The highest BCUT2D eigenvalue weighted by Gasteiger charge is 2.27. The predicted molar refractivity (Wildman–Crippen MR) is 94.0 cm³/mol. The largest absolute Gasteiger partial charge is 0.366 e. The van der Waals surface area contributed by atoms with Crippen LogP contribution in [0.1, 0.15) is 27.5 Å². The van der Waals surface area contributed by atoms with Gasteiger partial charge in [0.05, 0.1) is 4.92 Å². The zero-order chi connectivity index (χ0) is 18.7. The fourth-order valence-electron chi connectivity index (χ4n) is 3.22. The number of rotatable bonds is 5. The van der Waals surface area contributed by atoms with Crippen molar-refractivity contribution in [1.29, 1.82) is 0 Å². The number of halogens is 1. The van der Waals surface area contributed by atoms with Crippen LogP contribution < -0.4 is 11.1 Å². The Morgan fingerprint density at radius 1 is 1.35 bits per heavy atom. The number of carbonyl (C=O) groups excluding carboxylic acids is 1. The van der Waals surface area contributed by atoms with Crippen LogP contribution in [0.5, 0.6) is 0 Å². The number of primary amides is 1. The minimum absolute atomic E-state index is 0.0995. The maximum absolute atomic E-state index is 13.6. The molecule has 8 heteroatoms. The molecule has 2 aromatic rings. The monoisotopic (exact) mass is 358 g/mol. The number of carbonyl (C=O) groups is 1. The number of nitro benzene ring substituents is 1. The molecule has 0 aliphatic carbocycles. The van der Waals surface area contributed by atoms with Crippen LogP contribution >= 0.6 is 0 Å². The molecule has 2 aromatic carbocycles. The van der Waals surface area contributed by atoms with Gasteiger partial charge in [-0.2, -0.15) is 0 Å². The molecule has 26 heavy (non-hydrogen) atoms. The molecule has 1 aliphatic heterocycles. The Kier molecular flexibility index (Phi) is 5.24. The van der Waals surface area contributed by atoms with Gasteiger partial charge >= 0.3 is 0 Å². The third-order valence-electron chi connectivity index (χ3n) is 4.53. The summed E-state index contributed by atoms with van der Waals surface area (Å²) in [4.78, 5) is 24.3. The molecule has 0 spiro atoms. The summed E-state index contributed by atoms with van der Waals surface area (Å²) in [7, 11) is 0. The second kappa shape index (κ2) is 7.59. The number of nitrogens with one attached hydrogen (secondary N) is 1. The Morgan fingerprint density at radius 2 is 2.15 bits per heavy atom. The molecule has 1 saturated heterocycles. The van der Waals surface area contributed by atoms with E-state index in [0.717, 1.165) is 12.1 Å². The van der Waals surface area contributed by atoms with Gasteiger partial charge in [-0.3, -0.25) is 19.8 Å². The number of amides is 1. The summed E-state index contributed by atoms with van der Waals surface area (Å²) in [5, 5.41) is 14.7. The Bertz CT molecular complexity index is 843. The van der Waals surface area contributed by atoms with Crippen molar-refractivity contribution in [1.82, 2.24) is 10.2 Å². The van der Waals surface area contributed by atoms with E-state index in [1.165, 1.54) is 24.3 Å². The average Bonchev–Trinajstić information content (AvgIpc) is 2.62. The third-order valence-corrected chi connectivity index (χ3v) is 4.53. The Morgan fingerprint density at radius 3 is 2.85 bits per heavy atom. The van der Waals surface area contributed by atoms with E-state index in [4.69, 9.17) is 5.73 Å². The standard InChI is InChI=1S/C18H19FN4O3/c19-15-3-1-2-12(8-15)17-10-21-6-7-22(17)11-14-5-4-13(18(20)24)9-16(14)23(25)26/h1-5,8-9,17,21H,6-7,10-11H2,(H2,20,24). The Balaban J connectivity index is 1.90. The number of nitrogens with two attached hydrogens (primary N) is 1. The van der Waals surface area contributed by atoms with Crippen molar-refractivity contribution in [2.45, 2.75) is 12.6 Å². The van der Waals surface area contributed by atoms with E-state index in [9.17, 15) is 19.3 Å². The average molecular weight is 358 g/mol. The van der Waals surface area contributed by atoms with Crippen LogP contribution in [0, 0.1) is 15.9 Å². The number of nitrogens with zero attached hydrogens (tertiary/aromatic N) is 2. The second-order valence-electron chi connectivity index (χ2n) is 6.21. The molecular weight excluding hydrogens is 339 g/mol. The molecule has 0 bridgehead atoms. The van der Waals surface area contributed by atoms with Crippen LogP contribution in [0.4, 0.5) is 10.1 Å². The van der Waals surface area contributed by atoms with Gasteiger partial charge in [0.15, 0.2) is 0 Å². The summed E-state index contributed by atoms with van der Waals surface area (Å²) in [6.45, 7) is 2.34. The molecule has 1 amide bonds. The van der Waals surface area contributed by atoms with Crippen molar-refractivity contribution in [2.75, 3.05) is 19.6 Å². The molecule has 7 nitrogen and oxygen atoms in total. The lowest BCUT2D eigenvalue weighted by molar-refractivity contribution is -0.385. The second-order valence-corrected chi connectivity index (χ2v) is 6.21. The quantitative estimate of drug-likeness (QED) is 0.629. The lowest BCUT2D eigenvalue weighted by Crippen LogP contribution is -2.45. The van der Waals surface area contributed by atoms with Crippen LogP contribution in [0.15, 0.2) is 42.5 Å². The van der Waals surface area contributed by atoms with E-state index in [1.807, 2.05) is 6.07 Å². The minimum Gasteiger partial charge on any atom is -0.366 e. The number of hydrogen-bond acceptors (Lipinski definition) is 5. The summed E-state index contributed by atoms with van der Waals surface area (Å²) < 4.78 is 13.6. The van der Waals surface area contributed by atoms with Crippen molar-refractivity contribution in [3.63, 3.8) is 0 Å². The summed E-state index contributed by atoms with van der Waals surface area (Å²) in [5.74, 6) is -1.02. The summed E-state index contributed by atoms with van der Waals surface area (Å²) in [6, 6.07) is 10.5. The first kappa shape index (κ1) is 18.0.